The van der Waals surface area contributed by atoms with Crippen molar-refractivity contribution >= 4 is 0 Å². The quantitative estimate of drug-likeness (QED) is 0.891. The van der Waals surface area contributed by atoms with E-state index in [1.54, 1.807) is 20.3 Å². The summed E-state index contributed by atoms with van der Waals surface area (Å²) in [5, 5.41) is 0. The van der Waals surface area contributed by atoms with E-state index in [1.807, 2.05) is 25.1 Å². The van der Waals surface area contributed by atoms with Gasteiger partial charge >= 0.3 is 0 Å². The lowest BCUT2D eigenvalue weighted by atomic mass is 10.0. The van der Waals surface area contributed by atoms with Crippen LogP contribution in [0.1, 0.15) is 11.1 Å². The normalized spacial score (nSPS) is 10.4. The number of hydrogen-bond donors (Lipinski definition) is 2. The zero-order valence-corrected chi connectivity index (χ0v) is 11.8. The molecule has 2 aromatic rings. The zero-order chi connectivity index (χ0) is 14.7. The van der Waals surface area contributed by atoms with Gasteiger partial charge in [0.15, 0.2) is 0 Å². The van der Waals surface area contributed by atoms with Crippen molar-refractivity contribution in [3.63, 3.8) is 0 Å². The molecule has 5 heteroatoms. The molecule has 0 radical (unpaired) electrons. The molecule has 1 heterocycles. The lowest BCUT2D eigenvalue weighted by Crippen LogP contribution is -2.18. The van der Waals surface area contributed by atoms with Crippen molar-refractivity contribution in [1.29, 1.82) is 0 Å². The van der Waals surface area contributed by atoms with Crippen LogP contribution in [0, 0.1) is 6.92 Å². The van der Waals surface area contributed by atoms with Gasteiger partial charge in [-0.25, -0.2) is 0 Å². The molecule has 0 fully saturated rings. The Labute approximate surface area is 117 Å². The molecule has 0 saturated carbocycles. The summed E-state index contributed by atoms with van der Waals surface area (Å²) < 4.78 is 10.5. The van der Waals surface area contributed by atoms with E-state index in [0.717, 1.165) is 11.1 Å². The first-order chi connectivity index (χ1) is 9.60. The molecule has 20 heavy (non-hydrogen) atoms. The SMILES string of the molecule is COc1ccc(-c2cc(C)c(CN)c(=O)[nH]2)c(OC)c1. The van der Waals surface area contributed by atoms with Crippen LogP contribution in [0.2, 0.25) is 0 Å². The Morgan fingerprint density at radius 3 is 2.50 bits per heavy atom. The first kappa shape index (κ1) is 14.1. The molecule has 0 aliphatic heterocycles. The second-order valence-electron chi connectivity index (χ2n) is 4.44. The van der Waals surface area contributed by atoms with Crippen LogP contribution >= 0.6 is 0 Å². The van der Waals surface area contributed by atoms with Crippen molar-refractivity contribution in [2.45, 2.75) is 13.5 Å². The lowest BCUT2D eigenvalue weighted by Gasteiger charge is -2.12. The molecular formula is C15H18N2O3. The molecule has 0 amide bonds. The molecule has 3 N–H and O–H groups in total. The maximum atomic E-state index is 12.0. The second-order valence-corrected chi connectivity index (χ2v) is 4.44. The number of benzene rings is 1. The monoisotopic (exact) mass is 274 g/mol. The molecule has 0 saturated heterocycles. The number of methoxy groups -OCH3 is 2. The first-order valence-corrected chi connectivity index (χ1v) is 6.26. The Balaban J connectivity index is 2.60. The van der Waals surface area contributed by atoms with Gasteiger partial charge in [-0.05, 0) is 30.7 Å². The molecule has 2 rings (SSSR count). The number of pyridine rings is 1. The predicted octanol–water partition coefficient (Wildman–Crippen LogP) is 1.83. The minimum absolute atomic E-state index is 0.166. The summed E-state index contributed by atoms with van der Waals surface area (Å²) in [5.41, 5.74) is 8.37. The van der Waals surface area contributed by atoms with Crippen LogP contribution in [-0.4, -0.2) is 19.2 Å². The average Bonchev–Trinajstić information content (AvgIpc) is 2.46. The van der Waals surface area contributed by atoms with E-state index in [2.05, 4.69) is 4.98 Å². The van der Waals surface area contributed by atoms with Gasteiger partial charge in [0.2, 0.25) is 0 Å². The summed E-state index contributed by atoms with van der Waals surface area (Å²) in [6.07, 6.45) is 0. The fraction of sp³-hybridized carbons (Fsp3) is 0.267. The number of nitrogens with one attached hydrogen (secondary N) is 1. The van der Waals surface area contributed by atoms with Crippen LogP contribution in [-0.2, 0) is 6.54 Å². The van der Waals surface area contributed by atoms with Gasteiger partial charge in [-0.2, -0.15) is 0 Å². The Hall–Kier alpha value is -2.27. The number of ether oxygens (including phenoxy) is 2. The van der Waals surface area contributed by atoms with Gasteiger partial charge in [0.05, 0.1) is 19.9 Å². The molecule has 0 aliphatic rings. The van der Waals surface area contributed by atoms with Gasteiger partial charge in [0.25, 0.3) is 5.56 Å². The van der Waals surface area contributed by atoms with Crippen molar-refractivity contribution in [1.82, 2.24) is 4.98 Å². The predicted molar refractivity (Wildman–Crippen MR) is 78.2 cm³/mol. The third kappa shape index (κ3) is 2.53. The highest BCUT2D eigenvalue weighted by Crippen LogP contribution is 2.32. The van der Waals surface area contributed by atoms with Crippen molar-refractivity contribution in [2.75, 3.05) is 14.2 Å². The minimum Gasteiger partial charge on any atom is -0.497 e. The van der Waals surface area contributed by atoms with Gasteiger partial charge in [0.1, 0.15) is 11.5 Å². The molecular weight excluding hydrogens is 256 g/mol. The van der Waals surface area contributed by atoms with Crippen LogP contribution in [0.3, 0.4) is 0 Å². The third-order valence-electron chi connectivity index (χ3n) is 3.26. The number of nitrogens with two attached hydrogens (primary N) is 1. The van der Waals surface area contributed by atoms with Crippen LogP contribution in [0.5, 0.6) is 11.5 Å². The number of hydrogen-bond acceptors (Lipinski definition) is 4. The fourth-order valence-electron chi connectivity index (χ4n) is 2.14. The highest BCUT2D eigenvalue weighted by atomic mass is 16.5. The number of aryl methyl sites for hydroxylation is 1. The van der Waals surface area contributed by atoms with Crippen LogP contribution in [0.4, 0.5) is 0 Å². The van der Waals surface area contributed by atoms with Crippen LogP contribution in [0.25, 0.3) is 11.3 Å². The van der Waals surface area contributed by atoms with Gasteiger partial charge in [-0.3, -0.25) is 4.79 Å². The van der Waals surface area contributed by atoms with Crippen LogP contribution < -0.4 is 20.8 Å². The fourth-order valence-corrected chi connectivity index (χ4v) is 2.14. The van der Waals surface area contributed by atoms with E-state index in [1.165, 1.54) is 0 Å². The minimum atomic E-state index is -0.166. The van der Waals surface area contributed by atoms with E-state index in [4.69, 9.17) is 15.2 Å². The summed E-state index contributed by atoms with van der Waals surface area (Å²) in [7, 11) is 3.17. The Kier molecular flexibility index (Phi) is 4.10. The van der Waals surface area contributed by atoms with Gasteiger partial charge in [-0.15, -0.1) is 0 Å². The average molecular weight is 274 g/mol. The summed E-state index contributed by atoms with van der Waals surface area (Å²) in [6, 6.07) is 7.35. The number of rotatable bonds is 4. The summed E-state index contributed by atoms with van der Waals surface area (Å²) in [6.45, 7) is 2.10. The van der Waals surface area contributed by atoms with E-state index < -0.39 is 0 Å². The molecule has 5 nitrogen and oxygen atoms in total. The third-order valence-corrected chi connectivity index (χ3v) is 3.26. The number of aromatic nitrogens is 1. The van der Waals surface area contributed by atoms with E-state index >= 15 is 0 Å². The van der Waals surface area contributed by atoms with Gasteiger partial charge in [-0.1, -0.05) is 0 Å². The molecule has 0 aliphatic carbocycles. The molecule has 0 bridgehead atoms. The van der Waals surface area contributed by atoms with E-state index in [0.29, 0.717) is 22.8 Å². The second kappa shape index (κ2) is 5.79. The van der Waals surface area contributed by atoms with E-state index in [9.17, 15) is 4.79 Å². The van der Waals surface area contributed by atoms with Gasteiger partial charge < -0.3 is 20.2 Å². The maximum Gasteiger partial charge on any atom is 0.253 e. The molecule has 0 spiro atoms. The lowest BCUT2D eigenvalue weighted by molar-refractivity contribution is 0.395. The van der Waals surface area contributed by atoms with Gasteiger partial charge in [0, 0.05) is 23.7 Å². The summed E-state index contributed by atoms with van der Waals surface area (Å²) >= 11 is 0. The van der Waals surface area contributed by atoms with Crippen LogP contribution in [0.15, 0.2) is 29.1 Å². The van der Waals surface area contributed by atoms with Crippen molar-refractivity contribution in [2.24, 2.45) is 5.73 Å². The van der Waals surface area contributed by atoms with Crippen molar-refractivity contribution in [3.05, 3.63) is 45.7 Å². The number of H-pyrrole nitrogens is 1. The molecule has 1 aromatic heterocycles. The largest absolute Gasteiger partial charge is 0.497 e. The zero-order valence-electron chi connectivity index (χ0n) is 11.8. The molecule has 0 atom stereocenters. The summed E-state index contributed by atoms with van der Waals surface area (Å²) in [5.74, 6) is 1.34. The van der Waals surface area contributed by atoms with E-state index in [-0.39, 0.29) is 12.1 Å². The first-order valence-electron chi connectivity index (χ1n) is 6.26. The summed E-state index contributed by atoms with van der Waals surface area (Å²) in [4.78, 5) is 14.8. The molecule has 106 valence electrons. The molecule has 1 aromatic carbocycles. The Bertz CT molecular complexity index is 677. The number of aromatic amines is 1. The Morgan fingerprint density at radius 1 is 1.20 bits per heavy atom. The standard InChI is InChI=1S/C15H18N2O3/c1-9-6-13(17-15(18)12(9)8-16)11-5-4-10(19-2)7-14(11)20-3/h4-7H,8,16H2,1-3H3,(H,17,18). The Morgan fingerprint density at radius 2 is 1.95 bits per heavy atom. The maximum absolute atomic E-state index is 12.0. The van der Waals surface area contributed by atoms with Crippen molar-refractivity contribution in [3.8, 4) is 22.8 Å². The molecule has 0 unspecified atom stereocenters. The van der Waals surface area contributed by atoms with Crippen molar-refractivity contribution < 1.29 is 9.47 Å². The highest BCUT2D eigenvalue weighted by molar-refractivity contribution is 5.69. The highest BCUT2D eigenvalue weighted by Gasteiger charge is 2.11. The topological polar surface area (TPSA) is 77.3 Å². The smallest absolute Gasteiger partial charge is 0.253 e.